The monoisotopic (exact) mass is 487 g/mol. The van der Waals surface area contributed by atoms with Gasteiger partial charge in [-0.05, 0) is 60.5 Å². The van der Waals surface area contributed by atoms with E-state index in [0.29, 0.717) is 6.54 Å². The Morgan fingerprint density at radius 3 is 2.56 bits per heavy atom. The van der Waals surface area contributed by atoms with Crippen molar-refractivity contribution in [1.82, 2.24) is 0 Å². The van der Waals surface area contributed by atoms with Gasteiger partial charge in [0.25, 0.3) is 5.01 Å². The predicted molar refractivity (Wildman–Crippen MR) is 133 cm³/mol. The molecule has 0 bridgehead atoms. The minimum absolute atomic E-state index is 0.269. The van der Waals surface area contributed by atoms with Crippen molar-refractivity contribution in [3.8, 4) is 5.75 Å². The van der Waals surface area contributed by atoms with E-state index >= 15 is 0 Å². The highest BCUT2D eigenvalue weighted by Gasteiger charge is 2.24. The number of nitrogens with zero attached hydrogens (tertiary/aromatic N) is 1. The second kappa shape index (κ2) is 8.94. The first-order valence-electron chi connectivity index (χ1n) is 10.3. The molecular weight excluding hydrogens is 462 g/mol. The van der Waals surface area contributed by atoms with Gasteiger partial charge in [-0.3, -0.25) is 0 Å². The van der Waals surface area contributed by atoms with Crippen LogP contribution in [0.1, 0.15) is 33.7 Å². The summed E-state index contributed by atoms with van der Waals surface area (Å²) < 4.78 is 43.4. The summed E-state index contributed by atoms with van der Waals surface area (Å²) in [4.78, 5) is 0. The smallest absolute Gasteiger partial charge is 0.262 e. The molecule has 0 saturated heterocycles. The summed E-state index contributed by atoms with van der Waals surface area (Å²) in [5.41, 5.74) is 5.92. The Bertz CT molecular complexity index is 1450. The number of rotatable bonds is 7. The van der Waals surface area contributed by atoms with Gasteiger partial charge < -0.3 is 9.29 Å². The van der Waals surface area contributed by atoms with E-state index in [9.17, 15) is 13.0 Å². The van der Waals surface area contributed by atoms with Gasteiger partial charge in [-0.25, -0.2) is 8.42 Å². The third-order valence-corrected chi connectivity index (χ3v) is 8.48. The third kappa shape index (κ3) is 4.59. The maximum Gasteiger partial charge on any atom is 0.262 e. The van der Waals surface area contributed by atoms with Gasteiger partial charge in [-0.15, -0.1) is 11.3 Å². The fraction of sp³-hybridized carbons (Fsp3) is 0.292. The Balaban J connectivity index is 1.85. The molecule has 4 rings (SSSR count). The van der Waals surface area contributed by atoms with Crippen LogP contribution in [0.25, 0.3) is 32.5 Å². The van der Waals surface area contributed by atoms with Gasteiger partial charge in [0.15, 0.2) is 6.54 Å². The minimum atomic E-state index is -4.25. The molecule has 2 heterocycles. The number of benzene rings is 2. The molecule has 0 radical (unpaired) electrons. The number of methoxy groups -OCH3 is 1. The molecule has 0 unspecified atom stereocenters. The van der Waals surface area contributed by atoms with E-state index in [4.69, 9.17) is 4.74 Å². The first-order valence-corrected chi connectivity index (χ1v) is 13.6. The summed E-state index contributed by atoms with van der Waals surface area (Å²) in [7, 11) is -2.58. The average molecular weight is 488 g/mol. The summed E-state index contributed by atoms with van der Waals surface area (Å²) in [6.07, 6.45) is 4.46. The van der Waals surface area contributed by atoms with Gasteiger partial charge in [0, 0.05) is 29.7 Å². The molecular formula is C24H25NO4S3. The first kappa shape index (κ1) is 22.9. The van der Waals surface area contributed by atoms with Crippen LogP contribution in [0.5, 0.6) is 5.75 Å². The van der Waals surface area contributed by atoms with Crippen molar-refractivity contribution in [3.63, 3.8) is 0 Å². The van der Waals surface area contributed by atoms with Crippen molar-refractivity contribution in [2.24, 2.45) is 0 Å². The van der Waals surface area contributed by atoms with Crippen molar-refractivity contribution in [1.29, 1.82) is 0 Å². The van der Waals surface area contributed by atoms with Gasteiger partial charge in [0.1, 0.15) is 15.1 Å². The summed E-state index contributed by atoms with van der Waals surface area (Å²) in [6, 6.07) is 8.45. The molecule has 0 amide bonds. The van der Waals surface area contributed by atoms with E-state index in [1.54, 1.807) is 29.8 Å². The molecule has 0 spiro atoms. The maximum absolute atomic E-state index is 11.2. The third-order valence-electron chi connectivity index (χ3n) is 5.68. The van der Waals surface area contributed by atoms with Crippen LogP contribution in [0.15, 0.2) is 29.6 Å². The topological polar surface area (TPSA) is 70.3 Å². The number of aryl methyl sites for hydroxylation is 4. The quantitative estimate of drug-likeness (QED) is 0.257. The largest absolute Gasteiger partial charge is 0.748 e. The van der Waals surface area contributed by atoms with Crippen molar-refractivity contribution in [2.45, 2.75) is 33.7 Å². The van der Waals surface area contributed by atoms with E-state index in [1.165, 1.54) is 16.7 Å². The summed E-state index contributed by atoms with van der Waals surface area (Å²) >= 11 is 3.27. The van der Waals surface area contributed by atoms with E-state index in [0.717, 1.165) is 36.6 Å². The van der Waals surface area contributed by atoms with E-state index in [2.05, 4.69) is 49.6 Å². The lowest BCUT2D eigenvalue weighted by atomic mass is 10.0. The lowest BCUT2D eigenvalue weighted by Gasteiger charge is -2.06. The molecule has 0 aliphatic carbocycles. The van der Waals surface area contributed by atoms with E-state index < -0.39 is 10.1 Å². The summed E-state index contributed by atoms with van der Waals surface area (Å²) in [5.74, 6) is 0.449. The minimum Gasteiger partial charge on any atom is -0.748 e. The Hall–Kier alpha value is -2.26. The average Bonchev–Trinajstić information content (AvgIpc) is 3.33. The zero-order valence-electron chi connectivity index (χ0n) is 18.5. The van der Waals surface area contributed by atoms with Gasteiger partial charge in [-0.1, -0.05) is 23.5 Å². The summed E-state index contributed by atoms with van der Waals surface area (Å²) in [5, 5.41) is 4.07. The lowest BCUT2D eigenvalue weighted by molar-refractivity contribution is -0.667. The molecule has 0 fully saturated rings. The highest BCUT2D eigenvalue weighted by atomic mass is 32.2. The van der Waals surface area contributed by atoms with E-state index in [1.807, 2.05) is 17.5 Å². The molecule has 2 aromatic carbocycles. The van der Waals surface area contributed by atoms with Crippen LogP contribution in [0.3, 0.4) is 0 Å². The molecule has 4 aromatic rings. The molecule has 168 valence electrons. The SMILES string of the molecule is COc1cc2sc(/C=C/c3cc(C)c(C)cc3C)[n+](CCCS(=O)(=O)[O-])c2c2sccc12. The van der Waals surface area contributed by atoms with Crippen molar-refractivity contribution in [3.05, 3.63) is 56.9 Å². The molecule has 0 aliphatic rings. The van der Waals surface area contributed by atoms with Crippen molar-refractivity contribution >= 4 is 65.2 Å². The Kier molecular flexibility index (Phi) is 6.40. The second-order valence-electron chi connectivity index (χ2n) is 7.92. The van der Waals surface area contributed by atoms with Gasteiger partial charge >= 0.3 is 0 Å². The highest BCUT2D eigenvalue weighted by Crippen LogP contribution is 2.38. The molecule has 0 N–H and O–H groups in total. The Morgan fingerprint density at radius 1 is 1.09 bits per heavy atom. The van der Waals surface area contributed by atoms with Crippen LogP contribution in [0, 0.1) is 20.8 Å². The maximum atomic E-state index is 11.2. The Labute approximate surface area is 196 Å². The number of fused-ring (bicyclic) bond motifs is 3. The van der Waals surface area contributed by atoms with Crippen molar-refractivity contribution in [2.75, 3.05) is 12.9 Å². The number of aromatic nitrogens is 1. The molecule has 2 aromatic heterocycles. The van der Waals surface area contributed by atoms with Crippen LogP contribution >= 0.6 is 22.7 Å². The van der Waals surface area contributed by atoms with Crippen molar-refractivity contribution < 1.29 is 22.3 Å². The zero-order valence-corrected chi connectivity index (χ0v) is 20.9. The fourth-order valence-electron chi connectivity index (χ4n) is 3.91. The standard InChI is InChI=1S/C24H25NO4S3/c1-15-12-17(3)18(13-16(15)2)6-7-22-25(9-5-11-32(26,27)28)23-21(31-22)14-20(29-4)19-8-10-30-24(19)23/h6-8,10,12-14H,5,9,11H2,1-4H3/b7-6+. The van der Waals surface area contributed by atoms with Crippen LogP contribution in [0.4, 0.5) is 0 Å². The number of hydrogen-bond acceptors (Lipinski definition) is 6. The van der Waals surface area contributed by atoms with E-state index in [-0.39, 0.29) is 12.2 Å². The second-order valence-corrected chi connectivity index (χ2v) is 11.4. The molecule has 0 aliphatic heterocycles. The van der Waals surface area contributed by atoms with Crippen LogP contribution < -0.4 is 9.30 Å². The molecule has 5 nitrogen and oxygen atoms in total. The van der Waals surface area contributed by atoms with Gasteiger partial charge in [-0.2, -0.15) is 4.57 Å². The first-order chi connectivity index (χ1) is 15.2. The number of hydrogen-bond donors (Lipinski definition) is 0. The molecule has 0 atom stereocenters. The van der Waals surface area contributed by atoms with Crippen LogP contribution in [-0.2, 0) is 16.7 Å². The summed E-state index contributed by atoms with van der Waals surface area (Å²) in [6.45, 7) is 6.77. The molecule has 32 heavy (non-hydrogen) atoms. The molecule has 0 saturated carbocycles. The fourth-order valence-corrected chi connectivity index (χ4v) is 6.56. The number of ether oxygens (including phenoxy) is 1. The van der Waals surface area contributed by atoms with Gasteiger partial charge in [0.05, 0.1) is 17.2 Å². The molecule has 8 heteroatoms. The number of thiazole rings is 1. The highest BCUT2D eigenvalue weighted by molar-refractivity contribution is 7.85. The van der Waals surface area contributed by atoms with Gasteiger partial charge in [0.2, 0.25) is 5.52 Å². The Morgan fingerprint density at radius 2 is 1.84 bits per heavy atom. The lowest BCUT2D eigenvalue weighted by Crippen LogP contribution is -2.36. The predicted octanol–water partition coefficient (Wildman–Crippen LogP) is 5.44. The normalized spacial score (nSPS) is 12.4. The van der Waals surface area contributed by atoms with Crippen LogP contribution in [-0.4, -0.2) is 25.8 Å². The number of thiophene rings is 1. The zero-order chi connectivity index (χ0) is 23.0. The van der Waals surface area contributed by atoms with Crippen LogP contribution in [0.2, 0.25) is 0 Å².